The number of benzene rings is 1. The molecule has 1 aromatic carbocycles. The Kier molecular flexibility index (Phi) is 4.19. The molecule has 0 aromatic heterocycles. The third kappa shape index (κ3) is 3.42. The average Bonchev–Trinajstić information content (AvgIpc) is 2.27. The van der Waals surface area contributed by atoms with E-state index in [0.717, 1.165) is 23.4 Å². The van der Waals surface area contributed by atoms with Crippen LogP contribution in [0.5, 0.6) is 5.75 Å². The summed E-state index contributed by atoms with van der Waals surface area (Å²) in [5.74, 6) is 0.820. The molecule has 0 amide bonds. The van der Waals surface area contributed by atoms with E-state index in [1.54, 1.807) is 7.11 Å². The van der Waals surface area contributed by atoms with Gasteiger partial charge in [-0.05, 0) is 38.5 Å². The van der Waals surface area contributed by atoms with Crippen LogP contribution >= 0.6 is 0 Å². The van der Waals surface area contributed by atoms with Crippen LogP contribution in [0.4, 0.5) is 5.69 Å². The van der Waals surface area contributed by atoms with Gasteiger partial charge in [-0.15, -0.1) is 0 Å². The number of nitrogen functional groups attached to an aromatic ring is 1. The number of hydrogen-bond acceptors (Lipinski definition) is 3. The zero-order valence-electron chi connectivity index (χ0n) is 10.5. The third-order valence-corrected chi connectivity index (χ3v) is 2.77. The molecule has 0 unspecified atom stereocenters. The first-order valence-corrected chi connectivity index (χ1v) is 5.55. The highest BCUT2D eigenvalue weighted by Gasteiger charge is 2.16. The second-order valence-electron chi connectivity index (χ2n) is 4.47. The molecule has 90 valence electrons. The van der Waals surface area contributed by atoms with Crippen LogP contribution in [-0.2, 0) is 11.3 Å². The van der Waals surface area contributed by atoms with Gasteiger partial charge in [-0.1, -0.05) is 6.92 Å². The molecule has 0 fully saturated rings. The Morgan fingerprint density at radius 1 is 1.31 bits per heavy atom. The molecule has 3 nitrogen and oxygen atoms in total. The van der Waals surface area contributed by atoms with Crippen molar-refractivity contribution < 1.29 is 9.47 Å². The molecule has 2 N–H and O–H groups in total. The molecule has 1 aromatic rings. The van der Waals surface area contributed by atoms with Crippen LogP contribution in [0.25, 0.3) is 0 Å². The number of nitrogens with two attached hydrogens (primary N) is 1. The molecule has 0 aliphatic carbocycles. The highest BCUT2D eigenvalue weighted by Crippen LogP contribution is 2.24. The molecular weight excluding hydrogens is 202 g/mol. The Morgan fingerprint density at radius 3 is 2.56 bits per heavy atom. The Morgan fingerprint density at radius 2 is 2.00 bits per heavy atom. The van der Waals surface area contributed by atoms with Crippen LogP contribution in [0.3, 0.4) is 0 Å². The number of ether oxygens (including phenoxy) is 2. The largest absolute Gasteiger partial charge is 0.496 e. The summed E-state index contributed by atoms with van der Waals surface area (Å²) in [5.41, 5.74) is 7.35. The Hall–Kier alpha value is -1.22. The average molecular weight is 223 g/mol. The van der Waals surface area contributed by atoms with Crippen molar-refractivity contribution in [3.8, 4) is 5.75 Å². The quantitative estimate of drug-likeness (QED) is 0.780. The van der Waals surface area contributed by atoms with Gasteiger partial charge in [-0.2, -0.15) is 0 Å². The summed E-state index contributed by atoms with van der Waals surface area (Å²) in [7, 11) is 1.65. The Bertz CT molecular complexity index is 348. The van der Waals surface area contributed by atoms with E-state index in [4.69, 9.17) is 15.2 Å². The molecule has 1 rings (SSSR count). The second kappa shape index (κ2) is 5.21. The zero-order chi connectivity index (χ0) is 12.2. The molecule has 0 aliphatic rings. The van der Waals surface area contributed by atoms with Crippen molar-refractivity contribution in [3.05, 3.63) is 23.8 Å². The van der Waals surface area contributed by atoms with Crippen molar-refractivity contribution in [1.82, 2.24) is 0 Å². The van der Waals surface area contributed by atoms with E-state index in [-0.39, 0.29) is 5.60 Å². The molecule has 0 aliphatic heterocycles. The number of methoxy groups -OCH3 is 1. The van der Waals surface area contributed by atoms with Crippen molar-refractivity contribution in [2.24, 2.45) is 0 Å². The molecule has 16 heavy (non-hydrogen) atoms. The number of anilines is 1. The fourth-order valence-electron chi connectivity index (χ4n) is 1.29. The standard InChI is InChI=1S/C13H21NO2/c1-5-13(2,3)16-9-10-8-11(14)6-7-12(10)15-4/h6-8H,5,9,14H2,1-4H3. The summed E-state index contributed by atoms with van der Waals surface area (Å²) in [6.45, 7) is 6.78. The smallest absolute Gasteiger partial charge is 0.124 e. The molecule has 0 saturated carbocycles. The maximum atomic E-state index is 5.83. The van der Waals surface area contributed by atoms with Gasteiger partial charge in [-0.25, -0.2) is 0 Å². The van der Waals surface area contributed by atoms with Gasteiger partial charge in [0.25, 0.3) is 0 Å². The molecule has 0 bridgehead atoms. The SMILES string of the molecule is CCC(C)(C)OCc1cc(N)ccc1OC. The lowest BCUT2D eigenvalue weighted by Gasteiger charge is -2.24. The van der Waals surface area contributed by atoms with E-state index in [2.05, 4.69) is 20.8 Å². The van der Waals surface area contributed by atoms with Crippen LogP contribution in [0.15, 0.2) is 18.2 Å². The molecular formula is C13H21NO2. The second-order valence-corrected chi connectivity index (χ2v) is 4.47. The maximum Gasteiger partial charge on any atom is 0.124 e. The molecule has 0 atom stereocenters. The maximum absolute atomic E-state index is 5.83. The predicted octanol–water partition coefficient (Wildman–Crippen LogP) is 2.98. The summed E-state index contributed by atoms with van der Waals surface area (Å²) in [5, 5.41) is 0. The lowest BCUT2D eigenvalue weighted by atomic mass is 10.1. The van der Waals surface area contributed by atoms with Gasteiger partial charge in [-0.3, -0.25) is 0 Å². The summed E-state index contributed by atoms with van der Waals surface area (Å²) in [6, 6.07) is 5.59. The van der Waals surface area contributed by atoms with E-state index < -0.39 is 0 Å². The monoisotopic (exact) mass is 223 g/mol. The minimum absolute atomic E-state index is 0.115. The number of hydrogen-bond donors (Lipinski definition) is 1. The van der Waals surface area contributed by atoms with E-state index in [0.29, 0.717) is 6.61 Å². The molecule has 3 heteroatoms. The highest BCUT2D eigenvalue weighted by molar-refractivity contribution is 5.47. The Balaban J connectivity index is 2.76. The van der Waals surface area contributed by atoms with E-state index in [1.165, 1.54) is 0 Å². The van der Waals surface area contributed by atoms with Crippen LogP contribution < -0.4 is 10.5 Å². The van der Waals surface area contributed by atoms with Gasteiger partial charge < -0.3 is 15.2 Å². The molecule has 0 heterocycles. The summed E-state index contributed by atoms with van der Waals surface area (Å²) >= 11 is 0. The van der Waals surface area contributed by atoms with Crippen molar-refractivity contribution >= 4 is 5.69 Å². The van der Waals surface area contributed by atoms with Gasteiger partial charge in [0.05, 0.1) is 19.3 Å². The van der Waals surface area contributed by atoms with Gasteiger partial charge >= 0.3 is 0 Å². The van der Waals surface area contributed by atoms with Crippen molar-refractivity contribution in [2.75, 3.05) is 12.8 Å². The topological polar surface area (TPSA) is 44.5 Å². The molecule has 0 radical (unpaired) electrons. The van der Waals surface area contributed by atoms with Gasteiger partial charge in [0.2, 0.25) is 0 Å². The van der Waals surface area contributed by atoms with Gasteiger partial charge in [0.15, 0.2) is 0 Å². The van der Waals surface area contributed by atoms with Crippen LogP contribution in [0.1, 0.15) is 32.8 Å². The van der Waals surface area contributed by atoms with Crippen molar-refractivity contribution in [1.29, 1.82) is 0 Å². The first-order chi connectivity index (χ1) is 7.48. The van der Waals surface area contributed by atoms with Crippen molar-refractivity contribution in [3.63, 3.8) is 0 Å². The number of rotatable bonds is 5. The van der Waals surface area contributed by atoms with E-state index in [1.807, 2.05) is 18.2 Å². The van der Waals surface area contributed by atoms with Crippen molar-refractivity contribution in [2.45, 2.75) is 39.4 Å². The first kappa shape index (κ1) is 12.8. The van der Waals surface area contributed by atoms with E-state index >= 15 is 0 Å². The summed E-state index contributed by atoms with van der Waals surface area (Å²) in [6.07, 6.45) is 0.970. The fourth-order valence-corrected chi connectivity index (χ4v) is 1.29. The van der Waals surface area contributed by atoms with Crippen LogP contribution in [0, 0.1) is 0 Å². The zero-order valence-corrected chi connectivity index (χ0v) is 10.5. The summed E-state index contributed by atoms with van der Waals surface area (Å²) < 4.78 is 11.1. The summed E-state index contributed by atoms with van der Waals surface area (Å²) in [4.78, 5) is 0. The predicted molar refractivity (Wildman–Crippen MR) is 66.6 cm³/mol. The molecule has 0 spiro atoms. The highest BCUT2D eigenvalue weighted by atomic mass is 16.5. The molecule has 0 saturated heterocycles. The van der Waals surface area contributed by atoms with Gasteiger partial charge in [0.1, 0.15) is 5.75 Å². The normalized spacial score (nSPS) is 11.5. The lowest BCUT2D eigenvalue weighted by Crippen LogP contribution is -2.22. The minimum Gasteiger partial charge on any atom is -0.496 e. The van der Waals surface area contributed by atoms with Gasteiger partial charge in [0, 0.05) is 11.3 Å². The third-order valence-electron chi connectivity index (χ3n) is 2.77. The Labute approximate surface area is 97.6 Å². The lowest BCUT2D eigenvalue weighted by molar-refractivity contribution is -0.0322. The minimum atomic E-state index is -0.115. The van der Waals surface area contributed by atoms with Crippen LogP contribution in [-0.4, -0.2) is 12.7 Å². The van der Waals surface area contributed by atoms with E-state index in [9.17, 15) is 0 Å². The first-order valence-electron chi connectivity index (χ1n) is 5.55. The van der Waals surface area contributed by atoms with Crippen LogP contribution in [0.2, 0.25) is 0 Å². The fraction of sp³-hybridized carbons (Fsp3) is 0.538.